The number of aryl methyl sites for hydroxylation is 1. The van der Waals surface area contributed by atoms with E-state index in [1.54, 1.807) is 12.1 Å². The van der Waals surface area contributed by atoms with E-state index < -0.39 is 12.6 Å². The number of halogens is 2. The van der Waals surface area contributed by atoms with Crippen LogP contribution in [0.1, 0.15) is 11.3 Å². The number of aromatic nitrogens is 1. The van der Waals surface area contributed by atoms with Crippen molar-refractivity contribution in [2.75, 3.05) is 12.0 Å². The van der Waals surface area contributed by atoms with E-state index in [1.165, 1.54) is 17.6 Å². The van der Waals surface area contributed by atoms with Crippen LogP contribution in [0, 0.1) is 6.92 Å². The highest BCUT2D eigenvalue weighted by atomic mass is 79.9. The molecule has 0 aliphatic carbocycles. The number of nitrogens with one attached hydrogen (secondary N) is 1. The minimum Gasteiger partial charge on any atom is -0.480 e. The van der Waals surface area contributed by atoms with Crippen LogP contribution in [0.2, 0.25) is 5.02 Å². The molecule has 1 aromatic heterocycles. The van der Waals surface area contributed by atoms with Gasteiger partial charge in [0.05, 0.1) is 16.4 Å². The van der Waals surface area contributed by atoms with Crippen LogP contribution in [-0.4, -0.2) is 28.9 Å². The second kappa shape index (κ2) is 7.57. The van der Waals surface area contributed by atoms with Gasteiger partial charge < -0.3 is 9.84 Å². The summed E-state index contributed by atoms with van der Waals surface area (Å²) < 4.78 is 5.80. The number of anilines is 1. The summed E-state index contributed by atoms with van der Waals surface area (Å²) in [6.07, 6.45) is 1.49. The van der Waals surface area contributed by atoms with Crippen LogP contribution in [0.3, 0.4) is 0 Å². The molecule has 0 aliphatic heterocycles. The molecule has 0 spiro atoms. The second-order valence-corrected chi connectivity index (χ2v) is 6.30. The molecular weight excluding hydrogens is 394 g/mol. The predicted molar refractivity (Wildman–Crippen MR) is 90.4 cm³/mol. The molecule has 2 rings (SSSR count). The topological polar surface area (TPSA) is 83.8 Å². The number of carbonyl (C=O) groups is 1. The Balaban J connectivity index is 2.18. The molecule has 22 heavy (non-hydrogen) atoms. The zero-order valence-corrected chi connectivity index (χ0v) is 14.5. The van der Waals surface area contributed by atoms with Gasteiger partial charge in [0.25, 0.3) is 0 Å². The number of thiazole rings is 1. The average Bonchev–Trinajstić information content (AvgIpc) is 2.83. The molecule has 9 heteroatoms. The van der Waals surface area contributed by atoms with E-state index in [0.29, 0.717) is 25.9 Å². The van der Waals surface area contributed by atoms with Crippen LogP contribution in [0.4, 0.5) is 5.13 Å². The number of hydrogen-bond acceptors (Lipinski definition) is 6. The van der Waals surface area contributed by atoms with Gasteiger partial charge in [-0.2, -0.15) is 5.10 Å². The first-order valence-electron chi connectivity index (χ1n) is 6.00. The first-order chi connectivity index (χ1) is 10.5. The number of benzene rings is 1. The van der Waals surface area contributed by atoms with E-state index in [0.717, 1.165) is 5.69 Å². The highest BCUT2D eigenvalue weighted by Crippen LogP contribution is 2.32. The van der Waals surface area contributed by atoms with Gasteiger partial charge in [0.15, 0.2) is 6.61 Å². The van der Waals surface area contributed by atoms with Crippen molar-refractivity contribution in [2.24, 2.45) is 5.10 Å². The normalized spacial score (nSPS) is 10.9. The number of carboxylic acids is 1. The fraction of sp³-hybridized carbons (Fsp3) is 0.154. The van der Waals surface area contributed by atoms with Crippen molar-refractivity contribution < 1.29 is 14.6 Å². The molecule has 1 aromatic carbocycles. The van der Waals surface area contributed by atoms with Crippen LogP contribution in [0.25, 0.3) is 0 Å². The Labute approximate surface area is 143 Å². The van der Waals surface area contributed by atoms with E-state index in [1.807, 2.05) is 12.3 Å². The van der Waals surface area contributed by atoms with Crippen LogP contribution in [0.5, 0.6) is 5.75 Å². The molecule has 2 aromatic rings. The number of aliphatic carboxylic acids is 1. The molecule has 0 saturated heterocycles. The van der Waals surface area contributed by atoms with Crippen LogP contribution in [0.15, 0.2) is 27.1 Å². The van der Waals surface area contributed by atoms with Gasteiger partial charge >= 0.3 is 5.97 Å². The molecule has 1 heterocycles. The summed E-state index contributed by atoms with van der Waals surface area (Å²) in [6, 6.07) is 3.25. The van der Waals surface area contributed by atoms with E-state index >= 15 is 0 Å². The third-order valence-corrected chi connectivity index (χ3v) is 4.03. The molecule has 0 aliphatic rings. The van der Waals surface area contributed by atoms with Gasteiger partial charge in [0.1, 0.15) is 5.75 Å². The fourth-order valence-corrected chi connectivity index (χ4v) is 3.11. The molecule has 0 bridgehead atoms. The summed E-state index contributed by atoms with van der Waals surface area (Å²) in [7, 11) is 0. The minimum atomic E-state index is -1.07. The maximum absolute atomic E-state index is 10.6. The van der Waals surface area contributed by atoms with Crippen LogP contribution in [-0.2, 0) is 4.79 Å². The van der Waals surface area contributed by atoms with E-state index in [2.05, 4.69) is 31.4 Å². The Bertz CT molecular complexity index is 721. The Morgan fingerprint density at radius 2 is 2.41 bits per heavy atom. The number of nitrogens with zero attached hydrogens (tertiary/aromatic N) is 2. The maximum atomic E-state index is 10.6. The Morgan fingerprint density at radius 1 is 1.64 bits per heavy atom. The molecular formula is C13H11BrClN3O3S. The highest BCUT2D eigenvalue weighted by molar-refractivity contribution is 9.10. The summed E-state index contributed by atoms with van der Waals surface area (Å²) in [4.78, 5) is 14.9. The third kappa shape index (κ3) is 4.69. The first kappa shape index (κ1) is 16.7. The fourth-order valence-electron chi connectivity index (χ4n) is 1.52. The van der Waals surface area contributed by atoms with Crippen LogP contribution >= 0.6 is 38.9 Å². The van der Waals surface area contributed by atoms with Gasteiger partial charge in [-0.15, -0.1) is 11.3 Å². The number of ether oxygens (including phenoxy) is 1. The van der Waals surface area contributed by atoms with Crippen LogP contribution < -0.4 is 10.2 Å². The van der Waals surface area contributed by atoms with Gasteiger partial charge in [-0.1, -0.05) is 11.6 Å². The monoisotopic (exact) mass is 403 g/mol. The molecule has 2 N–H and O–H groups in total. The van der Waals surface area contributed by atoms with Crippen molar-refractivity contribution in [1.29, 1.82) is 0 Å². The quantitative estimate of drug-likeness (QED) is 0.565. The number of hydrazone groups is 1. The largest absolute Gasteiger partial charge is 0.480 e. The van der Waals surface area contributed by atoms with Gasteiger partial charge in [0, 0.05) is 16.0 Å². The van der Waals surface area contributed by atoms with Gasteiger partial charge in [-0.05, 0) is 35.0 Å². The second-order valence-electron chi connectivity index (χ2n) is 4.15. The summed E-state index contributed by atoms with van der Waals surface area (Å²) in [5.74, 6) is -0.714. The Kier molecular flexibility index (Phi) is 5.76. The zero-order chi connectivity index (χ0) is 16.1. The summed E-state index contributed by atoms with van der Waals surface area (Å²) >= 11 is 10.7. The maximum Gasteiger partial charge on any atom is 0.341 e. The SMILES string of the molecule is Cc1csc(NN=Cc2cc(Cl)cc(Br)c2OCC(=O)O)n1. The minimum absolute atomic E-state index is 0.354. The Morgan fingerprint density at radius 3 is 3.05 bits per heavy atom. The van der Waals surface area contributed by atoms with Crippen molar-refractivity contribution in [1.82, 2.24) is 4.98 Å². The standard InChI is InChI=1S/C13H11BrClN3O3S/c1-7-6-22-13(17-7)18-16-4-8-2-9(15)3-10(14)12(8)21-5-11(19)20/h2-4,6H,5H2,1H3,(H,17,18)(H,19,20). The smallest absolute Gasteiger partial charge is 0.341 e. The highest BCUT2D eigenvalue weighted by Gasteiger charge is 2.11. The lowest BCUT2D eigenvalue weighted by Crippen LogP contribution is -2.11. The number of rotatable bonds is 6. The van der Waals surface area contributed by atoms with Crippen molar-refractivity contribution in [3.8, 4) is 5.75 Å². The van der Waals surface area contributed by atoms with Crippen molar-refractivity contribution in [3.63, 3.8) is 0 Å². The molecule has 0 amide bonds. The van der Waals surface area contributed by atoms with Crippen molar-refractivity contribution in [2.45, 2.75) is 6.92 Å². The average molecular weight is 405 g/mol. The zero-order valence-electron chi connectivity index (χ0n) is 11.3. The molecule has 0 radical (unpaired) electrons. The predicted octanol–water partition coefficient (Wildman–Crippen LogP) is 3.78. The van der Waals surface area contributed by atoms with Gasteiger partial charge in [-0.25, -0.2) is 9.78 Å². The molecule has 6 nitrogen and oxygen atoms in total. The summed E-state index contributed by atoms with van der Waals surface area (Å²) in [5, 5.41) is 15.8. The van der Waals surface area contributed by atoms with E-state index in [4.69, 9.17) is 21.4 Å². The molecule has 0 atom stereocenters. The van der Waals surface area contributed by atoms with Crippen molar-refractivity contribution >= 4 is 56.2 Å². The summed E-state index contributed by atoms with van der Waals surface area (Å²) in [5.41, 5.74) is 4.24. The van der Waals surface area contributed by atoms with E-state index in [-0.39, 0.29) is 0 Å². The molecule has 0 unspecified atom stereocenters. The van der Waals surface area contributed by atoms with E-state index in [9.17, 15) is 4.79 Å². The first-order valence-corrected chi connectivity index (χ1v) is 8.05. The lowest BCUT2D eigenvalue weighted by Gasteiger charge is -2.09. The van der Waals surface area contributed by atoms with Gasteiger partial charge in [-0.3, -0.25) is 5.43 Å². The lowest BCUT2D eigenvalue weighted by molar-refractivity contribution is -0.139. The Hall–Kier alpha value is -1.64. The molecule has 116 valence electrons. The molecule has 0 fully saturated rings. The van der Waals surface area contributed by atoms with Gasteiger partial charge in [0.2, 0.25) is 5.13 Å². The molecule has 0 saturated carbocycles. The third-order valence-electron chi connectivity index (χ3n) is 2.36. The van der Waals surface area contributed by atoms with Crippen molar-refractivity contribution in [3.05, 3.63) is 38.3 Å². The number of hydrogen-bond donors (Lipinski definition) is 2. The number of carboxylic acid groups (broad SMARTS) is 1. The lowest BCUT2D eigenvalue weighted by atomic mass is 10.2. The summed E-state index contributed by atoms with van der Waals surface area (Å²) in [6.45, 7) is 1.43.